The molecule has 8 nitrogen and oxygen atoms in total. The Bertz CT molecular complexity index is 1200. The highest BCUT2D eigenvalue weighted by atomic mass is 19.1. The van der Waals surface area contributed by atoms with Crippen LogP contribution in [0.15, 0.2) is 53.6 Å². The standard InChI is InChI=1S/C23H23FN4O4/c24-17-8-6-16(7-9-17)13-27(18-4-2-1-3-5-18)22(29)14-26-15-25-21-12-19(28(31)32)10-11-20(21)23(26)30/h6-12,15,18H,1-5,13-14H2. The SMILES string of the molecule is O=C(Cn1cnc2cc([N+](=O)[O-])ccc2c1=O)N(Cc1ccc(F)cc1)C1CCCCC1. The Morgan fingerprint density at radius 3 is 2.56 bits per heavy atom. The molecule has 0 saturated heterocycles. The van der Waals surface area contributed by atoms with Gasteiger partial charge in [-0.2, -0.15) is 0 Å². The molecule has 1 aliphatic rings. The van der Waals surface area contributed by atoms with Crippen LogP contribution in [0.5, 0.6) is 0 Å². The number of nitrogens with zero attached hydrogens (tertiary/aromatic N) is 4. The second kappa shape index (κ2) is 9.25. The van der Waals surface area contributed by atoms with Gasteiger partial charge in [-0.05, 0) is 36.6 Å². The van der Waals surface area contributed by atoms with E-state index in [0.717, 1.165) is 37.7 Å². The summed E-state index contributed by atoms with van der Waals surface area (Å²) in [5.41, 5.74) is 0.453. The fourth-order valence-corrected chi connectivity index (χ4v) is 4.21. The monoisotopic (exact) mass is 438 g/mol. The lowest BCUT2D eigenvalue weighted by Crippen LogP contribution is -2.43. The molecule has 0 unspecified atom stereocenters. The molecular formula is C23H23FN4O4. The van der Waals surface area contributed by atoms with Crippen LogP contribution >= 0.6 is 0 Å². The van der Waals surface area contributed by atoms with Crippen molar-refractivity contribution in [2.24, 2.45) is 0 Å². The maximum Gasteiger partial charge on any atom is 0.271 e. The Hall–Kier alpha value is -3.62. The number of hydrogen-bond donors (Lipinski definition) is 0. The Morgan fingerprint density at radius 1 is 1.16 bits per heavy atom. The lowest BCUT2D eigenvalue weighted by molar-refractivity contribution is -0.384. The number of non-ortho nitro benzene ring substituents is 1. The van der Waals surface area contributed by atoms with E-state index in [4.69, 9.17) is 0 Å². The van der Waals surface area contributed by atoms with Gasteiger partial charge in [0.2, 0.25) is 5.91 Å². The topological polar surface area (TPSA) is 98.3 Å². The van der Waals surface area contributed by atoms with Crippen LogP contribution in [-0.4, -0.2) is 31.3 Å². The number of rotatable bonds is 6. The zero-order valence-electron chi connectivity index (χ0n) is 17.4. The Labute approximate surface area is 183 Å². The molecule has 1 aliphatic carbocycles. The second-order valence-electron chi connectivity index (χ2n) is 8.08. The minimum atomic E-state index is -0.548. The maximum absolute atomic E-state index is 13.3. The minimum Gasteiger partial charge on any atom is -0.334 e. The maximum atomic E-state index is 13.3. The summed E-state index contributed by atoms with van der Waals surface area (Å²) in [6.45, 7) is 0.155. The van der Waals surface area contributed by atoms with E-state index in [2.05, 4.69) is 4.98 Å². The van der Waals surface area contributed by atoms with Gasteiger partial charge >= 0.3 is 0 Å². The first-order valence-electron chi connectivity index (χ1n) is 10.6. The molecule has 0 aliphatic heterocycles. The third-order valence-electron chi connectivity index (χ3n) is 5.93. The molecule has 2 aromatic carbocycles. The first-order valence-corrected chi connectivity index (χ1v) is 10.6. The van der Waals surface area contributed by atoms with E-state index in [1.54, 1.807) is 17.0 Å². The van der Waals surface area contributed by atoms with Crippen LogP contribution in [-0.2, 0) is 17.9 Å². The van der Waals surface area contributed by atoms with E-state index in [-0.39, 0.29) is 40.9 Å². The molecule has 0 radical (unpaired) electrons. The summed E-state index contributed by atoms with van der Waals surface area (Å²) in [6, 6.07) is 9.98. The van der Waals surface area contributed by atoms with Crippen molar-refractivity contribution in [2.45, 2.75) is 51.2 Å². The Kier molecular flexibility index (Phi) is 6.25. The summed E-state index contributed by atoms with van der Waals surface area (Å²) in [4.78, 5) is 42.5. The van der Waals surface area contributed by atoms with Gasteiger partial charge in [-0.1, -0.05) is 31.4 Å². The van der Waals surface area contributed by atoms with Crippen molar-refractivity contribution in [3.63, 3.8) is 0 Å². The van der Waals surface area contributed by atoms with Gasteiger partial charge in [0, 0.05) is 24.7 Å². The number of carbonyl (C=O) groups excluding carboxylic acids is 1. The molecule has 0 spiro atoms. The lowest BCUT2D eigenvalue weighted by atomic mass is 9.93. The van der Waals surface area contributed by atoms with Gasteiger partial charge in [0.1, 0.15) is 12.4 Å². The highest BCUT2D eigenvalue weighted by molar-refractivity contribution is 5.81. The van der Waals surface area contributed by atoms with Gasteiger partial charge in [-0.3, -0.25) is 24.3 Å². The minimum absolute atomic E-state index is 0.0630. The van der Waals surface area contributed by atoms with E-state index >= 15 is 0 Å². The molecule has 1 aromatic heterocycles. The van der Waals surface area contributed by atoms with Crippen LogP contribution < -0.4 is 5.56 Å². The van der Waals surface area contributed by atoms with Gasteiger partial charge in [0.25, 0.3) is 11.2 Å². The number of nitro benzene ring substituents is 1. The molecular weight excluding hydrogens is 415 g/mol. The number of benzene rings is 2. The fourth-order valence-electron chi connectivity index (χ4n) is 4.21. The highest BCUT2D eigenvalue weighted by Gasteiger charge is 2.26. The zero-order chi connectivity index (χ0) is 22.7. The first-order chi connectivity index (χ1) is 15.4. The third kappa shape index (κ3) is 4.66. The van der Waals surface area contributed by atoms with Crippen molar-refractivity contribution in [3.05, 3.63) is 80.6 Å². The summed E-state index contributed by atoms with van der Waals surface area (Å²) >= 11 is 0. The van der Waals surface area contributed by atoms with Crippen LogP contribution in [0.3, 0.4) is 0 Å². The van der Waals surface area contributed by atoms with Gasteiger partial charge in [-0.25, -0.2) is 9.37 Å². The van der Waals surface area contributed by atoms with Crippen molar-refractivity contribution >= 4 is 22.5 Å². The highest BCUT2D eigenvalue weighted by Crippen LogP contribution is 2.25. The van der Waals surface area contributed by atoms with Gasteiger partial charge in [0.05, 0.1) is 22.2 Å². The van der Waals surface area contributed by atoms with Crippen LogP contribution in [0.25, 0.3) is 10.9 Å². The molecule has 0 bridgehead atoms. The first kappa shape index (κ1) is 21.6. The Morgan fingerprint density at radius 2 is 1.88 bits per heavy atom. The largest absolute Gasteiger partial charge is 0.334 e. The number of fused-ring (bicyclic) bond motifs is 1. The molecule has 32 heavy (non-hydrogen) atoms. The van der Waals surface area contributed by atoms with E-state index in [9.17, 15) is 24.1 Å². The van der Waals surface area contributed by atoms with Crippen molar-refractivity contribution in [1.82, 2.24) is 14.5 Å². The number of amides is 1. The molecule has 1 amide bonds. The van der Waals surface area contributed by atoms with E-state index in [0.29, 0.717) is 6.54 Å². The summed E-state index contributed by atoms with van der Waals surface area (Å²) in [5, 5.41) is 11.2. The van der Waals surface area contributed by atoms with E-state index in [1.807, 2.05) is 0 Å². The van der Waals surface area contributed by atoms with E-state index in [1.165, 1.54) is 41.2 Å². The molecule has 166 valence electrons. The smallest absolute Gasteiger partial charge is 0.271 e. The van der Waals surface area contributed by atoms with Crippen LogP contribution in [0, 0.1) is 15.9 Å². The molecule has 3 aromatic rings. The molecule has 1 saturated carbocycles. The molecule has 9 heteroatoms. The molecule has 1 fully saturated rings. The van der Waals surface area contributed by atoms with Crippen LogP contribution in [0.2, 0.25) is 0 Å². The number of halogens is 1. The average Bonchev–Trinajstić information content (AvgIpc) is 2.80. The normalized spacial score (nSPS) is 14.4. The number of nitro groups is 1. The molecule has 4 rings (SSSR count). The van der Waals surface area contributed by atoms with Gasteiger partial charge in [-0.15, -0.1) is 0 Å². The summed E-state index contributed by atoms with van der Waals surface area (Å²) in [5.74, 6) is -0.551. The fraction of sp³-hybridized carbons (Fsp3) is 0.348. The van der Waals surface area contributed by atoms with Gasteiger partial charge < -0.3 is 4.90 Å². The van der Waals surface area contributed by atoms with Crippen molar-refractivity contribution in [2.75, 3.05) is 0 Å². The summed E-state index contributed by atoms with van der Waals surface area (Å²) < 4.78 is 14.5. The lowest BCUT2D eigenvalue weighted by Gasteiger charge is -2.34. The van der Waals surface area contributed by atoms with Crippen molar-refractivity contribution in [3.8, 4) is 0 Å². The molecule has 1 heterocycles. The van der Waals surface area contributed by atoms with Crippen molar-refractivity contribution < 1.29 is 14.1 Å². The second-order valence-corrected chi connectivity index (χ2v) is 8.08. The van der Waals surface area contributed by atoms with E-state index < -0.39 is 10.5 Å². The zero-order valence-corrected chi connectivity index (χ0v) is 17.4. The predicted octanol–water partition coefficient (Wildman–Crippen LogP) is 3.81. The number of carbonyl (C=O) groups is 1. The predicted molar refractivity (Wildman–Crippen MR) is 116 cm³/mol. The Balaban J connectivity index is 1.60. The van der Waals surface area contributed by atoms with Crippen LogP contribution in [0.1, 0.15) is 37.7 Å². The van der Waals surface area contributed by atoms with Crippen LogP contribution in [0.4, 0.5) is 10.1 Å². The van der Waals surface area contributed by atoms with Gasteiger partial charge in [0.15, 0.2) is 0 Å². The average molecular weight is 438 g/mol. The molecule has 0 N–H and O–H groups in total. The quantitative estimate of drug-likeness (QED) is 0.431. The summed E-state index contributed by atoms with van der Waals surface area (Å²) in [7, 11) is 0. The summed E-state index contributed by atoms with van der Waals surface area (Å²) in [6.07, 6.45) is 6.24. The third-order valence-corrected chi connectivity index (χ3v) is 5.93. The number of aromatic nitrogens is 2. The van der Waals surface area contributed by atoms with Crippen molar-refractivity contribution in [1.29, 1.82) is 0 Å². The molecule has 0 atom stereocenters. The number of hydrogen-bond acceptors (Lipinski definition) is 5.